The highest BCUT2D eigenvalue weighted by Crippen LogP contribution is 2.06. The minimum atomic E-state index is -0.125. The van der Waals surface area contributed by atoms with Crippen LogP contribution in [0.3, 0.4) is 0 Å². The summed E-state index contributed by atoms with van der Waals surface area (Å²) in [6.07, 6.45) is 2.52. The van der Waals surface area contributed by atoms with Crippen molar-refractivity contribution in [1.82, 2.24) is 0 Å². The van der Waals surface area contributed by atoms with Gasteiger partial charge in [-0.2, -0.15) is 0 Å². The molecule has 0 spiro atoms. The second-order valence-electron chi connectivity index (χ2n) is 4.17. The lowest BCUT2D eigenvalue weighted by Crippen LogP contribution is -2.09. The zero-order chi connectivity index (χ0) is 16.2. The third kappa shape index (κ3) is 30.4. The largest absolute Gasteiger partial charge is 0.466 e. The van der Waals surface area contributed by atoms with Gasteiger partial charge in [-0.3, -0.25) is 4.79 Å². The zero-order valence-electron chi connectivity index (χ0n) is 13.9. The molecule has 0 aliphatic rings. The Morgan fingerprint density at radius 1 is 1.05 bits per heavy atom. The number of aliphatic hydroxyl groups is 2. The van der Waals surface area contributed by atoms with E-state index in [1.165, 1.54) is 0 Å². The summed E-state index contributed by atoms with van der Waals surface area (Å²) >= 11 is 0. The summed E-state index contributed by atoms with van der Waals surface area (Å²) in [7, 11) is 0. The van der Waals surface area contributed by atoms with Crippen LogP contribution in [0.25, 0.3) is 0 Å². The van der Waals surface area contributed by atoms with Crippen LogP contribution in [0, 0.1) is 5.92 Å². The molecule has 0 aliphatic heterocycles. The summed E-state index contributed by atoms with van der Waals surface area (Å²) in [6.45, 7) is 12.1. The normalized spacial score (nSPS) is 10.6. The fourth-order valence-corrected chi connectivity index (χ4v) is 0.908. The van der Waals surface area contributed by atoms with Gasteiger partial charge in [-0.25, -0.2) is 0 Å². The van der Waals surface area contributed by atoms with Crippen LogP contribution in [0.5, 0.6) is 0 Å². The van der Waals surface area contributed by atoms with E-state index in [1.54, 1.807) is 0 Å². The van der Waals surface area contributed by atoms with E-state index in [1.807, 2.05) is 20.8 Å². The zero-order valence-corrected chi connectivity index (χ0v) is 13.9. The quantitative estimate of drug-likeness (QED) is 0.672. The van der Waals surface area contributed by atoms with Crippen LogP contribution in [-0.4, -0.2) is 49.2 Å². The highest BCUT2D eigenvalue weighted by atomic mass is 16.5. The Bertz CT molecular complexity index is 170. The van der Waals surface area contributed by atoms with Crippen molar-refractivity contribution in [2.75, 3.05) is 33.0 Å². The van der Waals surface area contributed by atoms with Gasteiger partial charge >= 0.3 is 5.97 Å². The summed E-state index contributed by atoms with van der Waals surface area (Å²) in [5.74, 6) is 0.403. The van der Waals surface area contributed by atoms with E-state index in [0.717, 1.165) is 26.1 Å². The molecule has 124 valence electrons. The van der Waals surface area contributed by atoms with Crippen molar-refractivity contribution in [3.63, 3.8) is 0 Å². The van der Waals surface area contributed by atoms with Gasteiger partial charge in [0.15, 0.2) is 0 Å². The molecule has 0 aromatic rings. The van der Waals surface area contributed by atoms with Crippen LogP contribution in [0.4, 0.5) is 0 Å². The van der Waals surface area contributed by atoms with E-state index in [-0.39, 0.29) is 19.2 Å². The van der Waals surface area contributed by atoms with E-state index in [9.17, 15) is 4.79 Å². The van der Waals surface area contributed by atoms with Crippen LogP contribution in [0.1, 0.15) is 53.9 Å². The molecular formula is C15H34O5. The average Bonchev–Trinajstić information content (AvgIpc) is 2.46. The Hall–Kier alpha value is -0.650. The monoisotopic (exact) mass is 294 g/mol. The summed E-state index contributed by atoms with van der Waals surface area (Å²) in [6, 6.07) is 0. The van der Waals surface area contributed by atoms with Crippen molar-refractivity contribution in [3.05, 3.63) is 0 Å². The van der Waals surface area contributed by atoms with Gasteiger partial charge in [-0.15, -0.1) is 0 Å². The first-order valence-electron chi connectivity index (χ1n) is 7.48. The number of carbonyl (C=O) groups excluding carboxylic acids is 1. The Labute approximate surface area is 124 Å². The molecule has 0 fully saturated rings. The molecule has 20 heavy (non-hydrogen) atoms. The third-order valence-corrected chi connectivity index (χ3v) is 2.19. The van der Waals surface area contributed by atoms with Crippen LogP contribution >= 0.6 is 0 Å². The van der Waals surface area contributed by atoms with Crippen LogP contribution in [0.2, 0.25) is 0 Å². The standard InChI is InChI=1S/C9H18O2.C4H10O.C2H6O2/c1-4-6-11-9(10)7-8(3)5-2;1-3-5-4-2;3-1-2-4/h8H,4-7H2,1-3H3;3-4H2,1-2H3;3-4H,1-2H2. The molecule has 1 atom stereocenters. The second-order valence-corrected chi connectivity index (χ2v) is 4.17. The Morgan fingerprint density at radius 2 is 1.55 bits per heavy atom. The summed E-state index contributed by atoms with van der Waals surface area (Å²) in [4.78, 5) is 10.9. The smallest absolute Gasteiger partial charge is 0.306 e. The van der Waals surface area contributed by atoms with Gasteiger partial charge in [0.1, 0.15) is 0 Å². The lowest BCUT2D eigenvalue weighted by atomic mass is 10.1. The number of rotatable bonds is 8. The van der Waals surface area contributed by atoms with E-state index in [0.29, 0.717) is 18.9 Å². The van der Waals surface area contributed by atoms with Gasteiger partial charge in [-0.05, 0) is 26.2 Å². The Balaban J connectivity index is -0.000000266. The molecule has 0 bridgehead atoms. The first kappa shape index (κ1) is 24.4. The highest BCUT2D eigenvalue weighted by Gasteiger charge is 2.06. The van der Waals surface area contributed by atoms with E-state index in [2.05, 4.69) is 13.8 Å². The molecule has 0 amide bonds. The lowest BCUT2D eigenvalue weighted by molar-refractivity contribution is -0.144. The first-order chi connectivity index (χ1) is 9.53. The fraction of sp³-hybridized carbons (Fsp3) is 0.933. The first-order valence-corrected chi connectivity index (χ1v) is 7.48. The molecule has 5 nitrogen and oxygen atoms in total. The Kier molecular flexibility index (Phi) is 28.6. The number of ether oxygens (including phenoxy) is 2. The van der Waals surface area contributed by atoms with Crippen molar-refractivity contribution in [2.24, 2.45) is 5.92 Å². The molecule has 0 aromatic carbocycles. The maximum absolute atomic E-state index is 10.9. The molecule has 0 saturated heterocycles. The molecule has 0 rings (SSSR count). The number of aliphatic hydroxyl groups excluding tert-OH is 2. The number of esters is 1. The lowest BCUT2D eigenvalue weighted by Gasteiger charge is -2.07. The predicted molar refractivity (Wildman–Crippen MR) is 81.7 cm³/mol. The Morgan fingerprint density at radius 3 is 1.80 bits per heavy atom. The maximum atomic E-state index is 10.9. The average molecular weight is 294 g/mol. The van der Waals surface area contributed by atoms with Crippen molar-refractivity contribution in [1.29, 1.82) is 0 Å². The molecule has 2 N–H and O–H groups in total. The molecule has 5 heteroatoms. The highest BCUT2D eigenvalue weighted by molar-refractivity contribution is 5.69. The van der Waals surface area contributed by atoms with Crippen LogP contribution < -0.4 is 0 Å². The van der Waals surface area contributed by atoms with Gasteiger partial charge in [0.25, 0.3) is 0 Å². The topological polar surface area (TPSA) is 76.0 Å². The minimum absolute atomic E-state index is 0.0544. The number of hydrogen-bond acceptors (Lipinski definition) is 5. The van der Waals surface area contributed by atoms with E-state index in [4.69, 9.17) is 19.7 Å². The van der Waals surface area contributed by atoms with Gasteiger partial charge in [0.2, 0.25) is 0 Å². The van der Waals surface area contributed by atoms with Crippen molar-refractivity contribution >= 4 is 5.97 Å². The van der Waals surface area contributed by atoms with Gasteiger partial charge in [-0.1, -0.05) is 27.2 Å². The summed E-state index contributed by atoms with van der Waals surface area (Å²) in [5, 5.41) is 15.2. The molecule has 0 saturated carbocycles. The maximum Gasteiger partial charge on any atom is 0.306 e. The molecule has 0 radical (unpaired) electrons. The van der Waals surface area contributed by atoms with Crippen molar-refractivity contribution < 1.29 is 24.5 Å². The van der Waals surface area contributed by atoms with Crippen molar-refractivity contribution in [3.8, 4) is 0 Å². The minimum Gasteiger partial charge on any atom is -0.466 e. The van der Waals surface area contributed by atoms with E-state index >= 15 is 0 Å². The van der Waals surface area contributed by atoms with Crippen LogP contribution in [-0.2, 0) is 14.3 Å². The predicted octanol–water partition coefficient (Wildman–Crippen LogP) is 2.39. The summed E-state index contributed by atoms with van der Waals surface area (Å²) in [5.41, 5.74) is 0. The fourth-order valence-electron chi connectivity index (χ4n) is 0.908. The number of hydrogen-bond donors (Lipinski definition) is 2. The van der Waals surface area contributed by atoms with E-state index < -0.39 is 0 Å². The molecule has 0 aliphatic carbocycles. The third-order valence-electron chi connectivity index (χ3n) is 2.19. The van der Waals surface area contributed by atoms with Crippen LogP contribution in [0.15, 0.2) is 0 Å². The molecular weight excluding hydrogens is 260 g/mol. The number of carbonyl (C=O) groups is 1. The summed E-state index contributed by atoms with van der Waals surface area (Å²) < 4.78 is 9.76. The van der Waals surface area contributed by atoms with Gasteiger partial charge in [0, 0.05) is 19.6 Å². The van der Waals surface area contributed by atoms with Gasteiger partial charge < -0.3 is 19.7 Å². The molecule has 0 aromatic heterocycles. The van der Waals surface area contributed by atoms with Crippen molar-refractivity contribution in [2.45, 2.75) is 53.9 Å². The SMILES string of the molecule is CCCOC(=O)CC(C)CC.CCOCC.OCCO. The molecule has 0 heterocycles. The molecule has 1 unspecified atom stereocenters. The van der Waals surface area contributed by atoms with Gasteiger partial charge in [0.05, 0.1) is 19.8 Å². The second kappa shape index (κ2) is 23.4.